The highest BCUT2D eigenvalue weighted by molar-refractivity contribution is 7.90. The zero-order valence-corrected chi connectivity index (χ0v) is 38.4. The Kier molecular flexibility index (Phi) is 18.2. The van der Waals surface area contributed by atoms with Crippen LogP contribution in [0.1, 0.15) is 109 Å². The molecule has 58 heavy (non-hydrogen) atoms. The number of carbonyl (C=O) groups is 2. The van der Waals surface area contributed by atoms with Gasteiger partial charge in [0.05, 0.1) is 47.6 Å². The largest absolute Gasteiger partial charge is 1.00 e. The first-order valence-corrected chi connectivity index (χ1v) is 23.1. The van der Waals surface area contributed by atoms with Gasteiger partial charge in [0.2, 0.25) is 31.9 Å². The van der Waals surface area contributed by atoms with Gasteiger partial charge in [-0.1, -0.05) is 79.7 Å². The van der Waals surface area contributed by atoms with Crippen molar-refractivity contribution in [3.8, 4) is 0 Å². The lowest BCUT2D eigenvalue weighted by molar-refractivity contribution is -0.136. The summed E-state index contributed by atoms with van der Waals surface area (Å²) in [6.45, 7) is 18.0. The van der Waals surface area contributed by atoms with Crippen LogP contribution in [0.3, 0.4) is 0 Å². The molecule has 11 nitrogen and oxygen atoms in total. The third-order valence-electron chi connectivity index (χ3n) is 14.1. The van der Waals surface area contributed by atoms with E-state index < -0.39 is 57.5 Å². The summed E-state index contributed by atoms with van der Waals surface area (Å²) in [6.07, 6.45) is 11.0. The van der Waals surface area contributed by atoms with E-state index in [1.807, 2.05) is 40.4 Å². The number of ether oxygens (including phenoxy) is 1. The average Bonchev–Trinajstić information content (AvgIpc) is 3.79. The van der Waals surface area contributed by atoms with Gasteiger partial charge in [-0.3, -0.25) is 22.5 Å². The summed E-state index contributed by atoms with van der Waals surface area (Å²) >= 11 is 0. The molecule has 2 spiro atoms. The number of allylic oxidation sites excluding steroid dienone is 2. The molecule has 1 N–H and O–H groups in total. The lowest BCUT2D eigenvalue weighted by Crippen LogP contribution is -3.00. The van der Waals surface area contributed by atoms with Crippen molar-refractivity contribution in [3.63, 3.8) is 0 Å². The minimum absolute atomic E-state index is 0. The van der Waals surface area contributed by atoms with Crippen molar-refractivity contribution in [2.75, 3.05) is 39.9 Å². The van der Waals surface area contributed by atoms with Crippen molar-refractivity contribution in [1.82, 2.24) is 8.61 Å². The monoisotopic (exact) mass is 875 g/mol. The number of methoxy groups -OCH3 is 1. The smallest absolute Gasteiger partial charge is 0.762 e. The summed E-state index contributed by atoms with van der Waals surface area (Å²) in [5.41, 5.74) is -0.648. The molecule has 10 atom stereocenters. The molecule has 2 aliphatic heterocycles. The van der Waals surface area contributed by atoms with Crippen LogP contribution in [0, 0.1) is 45.3 Å². The molecule has 2 saturated heterocycles. The maximum atomic E-state index is 13.1. The number of halogens is 4. The maximum Gasteiger partial charge on any atom is 0.762 e. The molecule has 0 radical (unpaired) electrons. The van der Waals surface area contributed by atoms with Crippen molar-refractivity contribution in [2.24, 2.45) is 45.3 Å². The molecule has 338 valence electrons. The van der Waals surface area contributed by atoms with Crippen molar-refractivity contribution >= 4 is 39.4 Å². The van der Waals surface area contributed by atoms with Gasteiger partial charge in [0.15, 0.2) is 0 Å². The zero-order chi connectivity index (χ0) is 45.0. The summed E-state index contributed by atoms with van der Waals surface area (Å²) in [6, 6.07) is -0.400. The lowest BCUT2D eigenvalue weighted by Gasteiger charge is -2.37. The predicted molar refractivity (Wildman–Crippen MR) is 220 cm³/mol. The summed E-state index contributed by atoms with van der Waals surface area (Å²) in [4.78, 5) is 26.0. The molecule has 4 bridgehead atoms. The van der Waals surface area contributed by atoms with Gasteiger partial charge in [0.1, 0.15) is 21.3 Å². The standard InChI is InChI=1S/C18H29NO4S.C17H27NO4S.C3H9O.C2H6.BF3.FH/c1-6-7-14(23-5)12(2)16(20)19-15-10-13-8-9-18(15,17(13,3)4)11-24(19,21)22;1-5-6-13(19)11(2)15(20)18-14-9-12-7-8-17(14,16(12,3)4)10-23(18,21)22;1-4(2)3;1-2;2-1(3)4;/h6-7,12-15H,8-11H2,1-5H3;5-6,11-14,19H,7-10H2,1-4H3;1-3H3;1-2H3;;1H/q;;+1;;;/p-1/b7-6+;6-5+;;;;/t12-,13?,14-,15?,18?;11-,12?,13-,14?,17?;;;;/m11..../s1/i;;;1D;;. The second-order valence-corrected chi connectivity index (χ2v) is 21.5. The van der Waals surface area contributed by atoms with Crippen LogP contribution in [0.2, 0.25) is 0 Å². The van der Waals surface area contributed by atoms with Gasteiger partial charge in [0, 0.05) is 19.3 Å². The van der Waals surface area contributed by atoms with Crippen molar-refractivity contribution in [3.05, 3.63) is 24.3 Å². The summed E-state index contributed by atoms with van der Waals surface area (Å²) < 4.78 is 96.9. The van der Waals surface area contributed by atoms with Crippen molar-refractivity contribution < 1.29 is 59.7 Å². The first kappa shape index (κ1) is 52.1. The van der Waals surface area contributed by atoms with E-state index in [9.17, 15) is 44.5 Å². The first-order valence-electron chi connectivity index (χ1n) is 20.6. The number of carbonyl (C=O) groups excluding carboxylic acids is 2. The van der Waals surface area contributed by atoms with Crippen LogP contribution in [0.15, 0.2) is 24.3 Å². The summed E-state index contributed by atoms with van der Waals surface area (Å²) in [5, 5.41) is 10.1. The van der Waals surface area contributed by atoms with Gasteiger partial charge in [-0.05, 0) is 75.0 Å². The fourth-order valence-electron chi connectivity index (χ4n) is 10.8. The van der Waals surface area contributed by atoms with E-state index in [4.69, 9.17) is 6.11 Å². The Morgan fingerprint density at radius 3 is 1.45 bits per heavy atom. The van der Waals surface area contributed by atoms with E-state index in [1.54, 1.807) is 40.9 Å². The Morgan fingerprint density at radius 1 is 0.828 bits per heavy atom. The normalized spacial score (nSPS) is 33.0. The molecule has 4 saturated carbocycles. The third kappa shape index (κ3) is 9.86. The molecule has 0 aromatic rings. The molecular weight excluding hydrogens is 803 g/mol. The highest BCUT2D eigenvalue weighted by Gasteiger charge is 2.73. The molecule has 6 unspecified atom stereocenters. The van der Waals surface area contributed by atoms with Crippen LogP contribution in [0.4, 0.5) is 12.9 Å². The van der Waals surface area contributed by atoms with Gasteiger partial charge in [-0.15, -0.1) is 0 Å². The van der Waals surface area contributed by atoms with E-state index in [1.165, 1.54) is 10.4 Å². The third-order valence-corrected chi connectivity index (χ3v) is 17.9. The Hall–Kier alpha value is -2.02. The maximum absolute atomic E-state index is 13.1. The van der Waals surface area contributed by atoms with Gasteiger partial charge < -0.3 is 18.9 Å². The molecule has 6 fully saturated rings. The number of sulfonamides is 2. The average molecular weight is 876 g/mol. The first-order chi connectivity index (χ1) is 26.6. The van der Waals surface area contributed by atoms with Crippen LogP contribution in [-0.4, -0.2) is 114 Å². The van der Waals surface area contributed by atoms with Crippen LogP contribution in [0.25, 0.3) is 0 Å². The van der Waals surface area contributed by atoms with Gasteiger partial charge in [0.25, 0.3) is 0 Å². The molecule has 0 aromatic carbocycles. The Morgan fingerprint density at radius 2 is 1.16 bits per heavy atom. The van der Waals surface area contributed by atoms with Crippen LogP contribution >= 0.6 is 0 Å². The van der Waals surface area contributed by atoms with E-state index in [-0.39, 0.29) is 55.9 Å². The van der Waals surface area contributed by atoms with Gasteiger partial charge in [-0.2, -0.15) is 0 Å². The minimum atomic E-state index is -3.67. The van der Waals surface area contributed by atoms with E-state index >= 15 is 0 Å². The number of hydrogen-bond donors (Lipinski definition) is 1. The number of fused-ring (bicyclic) bond motifs is 2. The number of nitrogens with zero attached hydrogens (tertiary/aromatic N) is 2. The number of amides is 2. The fourth-order valence-corrected chi connectivity index (χ4v) is 16.1. The number of rotatable bonds is 7. The summed E-state index contributed by atoms with van der Waals surface area (Å²) in [5.74, 6) is -0.852. The molecule has 2 heterocycles. The second kappa shape index (κ2) is 20.2. The molecule has 18 heteroatoms. The predicted octanol–water partition coefficient (Wildman–Crippen LogP) is 3.85. The van der Waals surface area contributed by atoms with Crippen LogP contribution in [0.5, 0.6) is 0 Å². The molecule has 2 amide bonds. The van der Waals surface area contributed by atoms with Gasteiger partial charge in [-0.25, -0.2) is 25.4 Å². The second-order valence-electron chi connectivity index (χ2n) is 17.8. The van der Waals surface area contributed by atoms with E-state index in [2.05, 4.69) is 32.1 Å². The lowest BCUT2D eigenvalue weighted by atomic mass is 9.69. The topological polar surface area (TPSA) is 141 Å². The SMILES string of the molecule is C/C=C/[C@@H](O)[C@@H](C)C(=O)N1C2CC3CCC2(CS1(=O)=O)C3(C)C.C/C=C/[C@@H](OC)[C@@H](C)C(=O)N1C2CC3CCC2(CS1(=O)=O)C3(C)C.C[O+](C)C.FB(F)F.[2H]CC.[F-]. The van der Waals surface area contributed by atoms with Crippen LogP contribution in [-0.2, 0) is 38.7 Å². The molecule has 0 aromatic heterocycles. The number of aliphatic hydroxyl groups excluding tert-OH is 1. The number of hydrogen-bond acceptors (Lipinski definition) is 8. The van der Waals surface area contributed by atoms with E-state index in [0.717, 1.165) is 42.8 Å². The molecule has 6 aliphatic rings. The molecule has 6 rings (SSSR count). The van der Waals surface area contributed by atoms with Gasteiger partial charge >= 0.3 is 7.54 Å². The minimum Gasteiger partial charge on any atom is -1.00 e. The van der Waals surface area contributed by atoms with Crippen molar-refractivity contribution in [2.45, 2.75) is 132 Å². The Balaban J connectivity index is 0.000000467. The zero-order valence-electron chi connectivity index (χ0n) is 37.8. The highest BCUT2D eigenvalue weighted by atomic mass is 32.2. The van der Waals surface area contributed by atoms with E-state index in [0.29, 0.717) is 18.7 Å². The van der Waals surface area contributed by atoms with Crippen LogP contribution < -0.4 is 4.70 Å². The Labute approximate surface area is 348 Å². The molecule has 4 aliphatic carbocycles. The fraction of sp³-hybridized carbons (Fsp3) is 0.850. The Bertz CT molecular complexity index is 1690. The summed E-state index contributed by atoms with van der Waals surface area (Å²) in [7, 11) is -3.53. The quantitative estimate of drug-likeness (QED) is 0.176. The molecular formula is C40H71BF4N2O9S2. The highest BCUT2D eigenvalue weighted by Crippen LogP contribution is 2.71. The van der Waals surface area contributed by atoms with Crippen molar-refractivity contribution in [1.29, 1.82) is 0 Å². The number of aliphatic hydroxyl groups is 1.